The number of sulfonamides is 1. The van der Waals surface area contributed by atoms with Crippen molar-refractivity contribution < 1.29 is 13.2 Å². The molecule has 158 valence electrons. The molecule has 0 saturated carbocycles. The monoisotopic (exact) mass is 443 g/mol. The van der Waals surface area contributed by atoms with Gasteiger partial charge in [0.05, 0.1) is 22.9 Å². The van der Waals surface area contributed by atoms with Crippen LogP contribution < -0.4 is 4.80 Å². The number of thiazole rings is 1. The van der Waals surface area contributed by atoms with E-state index in [9.17, 15) is 8.42 Å². The summed E-state index contributed by atoms with van der Waals surface area (Å²) in [6.45, 7) is 2.44. The van der Waals surface area contributed by atoms with Gasteiger partial charge in [-0.25, -0.2) is 13.4 Å². The van der Waals surface area contributed by atoms with E-state index in [-0.39, 0.29) is 0 Å². The van der Waals surface area contributed by atoms with E-state index in [1.807, 2.05) is 42.5 Å². The third-order valence-corrected chi connectivity index (χ3v) is 7.93. The average Bonchev–Trinajstić information content (AvgIpc) is 3.44. The van der Waals surface area contributed by atoms with E-state index >= 15 is 0 Å². The predicted octanol–water partition coefficient (Wildman–Crippen LogP) is 3.88. The van der Waals surface area contributed by atoms with Crippen molar-refractivity contribution in [1.29, 1.82) is 0 Å². The van der Waals surface area contributed by atoms with Crippen LogP contribution in [0.1, 0.15) is 12.8 Å². The van der Waals surface area contributed by atoms with Crippen molar-refractivity contribution in [2.75, 3.05) is 26.8 Å². The van der Waals surface area contributed by atoms with E-state index in [4.69, 9.17) is 9.73 Å². The number of benzene rings is 2. The van der Waals surface area contributed by atoms with Crippen molar-refractivity contribution in [2.24, 2.45) is 4.99 Å². The normalized spacial score (nSPS) is 15.7. The minimum absolute atomic E-state index is 0.348. The summed E-state index contributed by atoms with van der Waals surface area (Å²) in [5.41, 5.74) is 2.85. The van der Waals surface area contributed by atoms with Crippen LogP contribution >= 0.6 is 11.3 Å². The third kappa shape index (κ3) is 4.41. The first-order valence-corrected chi connectivity index (χ1v) is 12.3. The molecule has 0 atom stereocenters. The Morgan fingerprint density at radius 2 is 1.73 bits per heavy atom. The number of hydrogen-bond acceptors (Lipinski definition) is 5. The fourth-order valence-corrected chi connectivity index (χ4v) is 6.01. The van der Waals surface area contributed by atoms with Crippen LogP contribution in [0.15, 0.2) is 69.9 Å². The Balaban J connectivity index is 1.69. The summed E-state index contributed by atoms with van der Waals surface area (Å²) in [5.74, 6) is 0. The number of hydrogen-bond donors (Lipinski definition) is 0. The van der Waals surface area contributed by atoms with Crippen molar-refractivity contribution in [3.05, 3.63) is 64.8 Å². The van der Waals surface area contributed by atoms with Crippen LogP contribution in [0, 0.1) is 0 Å². The molecule has 8 heteroatoms. The van der Waals surface area contributed by atoms with Gasteiger partial charge in [0.1, 0.15) is 0 Å². The number of para-hydroxylation sites is 1. The largest absolute Gasteiger partial charge is 0.383 e. The minimum atomic E-state index is -3.41. The maximum absolute atomic E-state index is 12.8. The molecule has 0 aliphatic carbocycles. The van der Waals surface area contributed by atoms with Crippen molar-refractivity contribution in [2.45, 2.75) is 24.3 Å². The van der Waals surface area contributed by atoms with Crippen LogP contribution in [-0.4, -0.2) is 44.1 Å². The Hall–Kier alpha value is -2.26. The summed E-state index contributed by atoms with van der Waals surface area (Å²) in [7, 11) is -1.73. The van der Waals surface area contributed by atoms with Gasteiger partial charge in [-0.15, -0.1) is 11.3 Å². The van der Waals surface area contributed by atoms with E-state index in [0.717, 1.165) is 34.6 Å². The number of nitrogens with zero attached hydrogens (tertiary/aromatic N) is 3. The number of rotatable bonds is 7. The van der Waals surface area contributed by atoms with Gasteiger partial charge in [-0.05, 0) is 42.7 Å². The standard InChI is InChI=1S/C22H25N3O3S2/c1-28-16-15-25-21(17-29-22(25)23-19-7-3-2-4-8-19)18-9-11-20(12-10-18)30(26,27)24-13-5-6-14-24/h2-4,7-12,17H,5-6,13-16H2,1H3. The quantitative estimate of drug-likeness (QED) is 0.557. The SMILES string of the molecule is COCCn1c(-c2ccc(S(=O)(=O)N3CCCC3)cc2)csc1=Nc1ccccc1. The lowest BCUT2D eigenvalue weighted by atomic mass is 10.2. The molecular formula is C22H25N3O3S2. The van der Waals surface area contributed by atoms with E-state index in [1.165, 1.54) is 0 Å². The van der Waals surface area contributed by atoms with E-state index < -0.39 is 10.0 Å². The molecule has 1 aliphatic rings. The van der Waals surface area contributed by atoms with E-state index in [2.05, 4.69) is 9.95 Å². The van der Waals surface area contributed by atoms with Crippen LogP contribution in [0.25, 0.3) is 11.3 Å². The lowest BCUT2D eigenvalue weighted by Crippen LogP contribution is -2.27. The Morgan fingerprint density at radius 3 is 2.40 bits per heavy atom. The van der Waals surface area contributed by atoms with Crippen LogP contribution in [-0.2, 0) is 21.3 Å². The van der Waals surface area contributed by atoms with Crippen molar-refractivity contribution in [1.82, 2.24) is 8.87 Å². The third-order valence-electron chi connectivity index (χ3n) is 5.15. The second kappa shape index (κ2) is 9.26. The van der Waals surface area contributed by atoms with Crippen LogP contribution in [0.3, 0.4) is 0 Å². The first kappa shape index (κ1) is 21.0. The molecule has 1 aliphatic heterocycles. The lowest BCUT2D eigenvalue weighted by molar-refractivity contribution is 0.187. The number of methoxy groups -OCH3 is 1. The van der Waals surface area contributed by atoms with Crippen molar-refractivity contribution in [3.63, 3.8) is 0 Å². The topological polar surface area (TPSA) is 63.9 Å². The zero-order chi connectivity index (χ0) is 21.0. The fourth-order valence-electron chi connectivity index (χ4n) is 3.54. The fraction of sp³-hybridized carbons (Fsp3) is 0.318. The maximum Gasteiger partial charge on any atom is 0.243 e. The second-order valence-corrected chi connectivity index (χ2v) is 9.91. The molecule has 0 radical (unpaired) electrons. The summed E-state index contributed by atoms with van der Waals surface area (Å²) in [4.78, 5) is 6.00. The van der Waals surface area contributed by atoms with Crippen LogP contribution in [0.5, 0.6) is 0 Å². The van der Waals surface area contributed by atoms with Gasteiger partial charge in [0.2, 0.25) is 10.0 Å². The van der Waals surface area contributed by atoms with E-state index in [1.54, 1.807) is 34.9 Å². The summed E-state index contributed by atoms with van der Waals surface area (Å²) < 4.78 is 34.6. The molecule has 0 unspecified atom stereocenters. The number of aromatic nitrogens is 1. The number of ether oxygens (including phenoxy) is 1. The Kier molecular flexibility index (Phi) is 6.48. The highest BCUT2D eigenvalue weighted by molar-refractivity contribution is 7.89. The van der Waals surface area contributed by atoms with E-state index in [0.29, 0.717) is 31.1 Å². The molecule has 0 bridgehead atoms. The van der Waals surface area contributed by atoms with Gasteiger partial charge in [0.25, 0.3) is 0 Å². The molecule has 0 amide bonds. The van der Waals surface area contributed by atoms with Crippen LogP contribution in [0.2, 0.25) is 0 Å². The maximum atomic E-state index is 12.8. The molecule has 1 aromatic heterocycles. The summed E-state index contributed by atoms with van der Waals surface area (Å²) >= 11 is 1.56. The first-order chi connectivity index (χ1) is 14.6. The molecule has 3 aromatic rings. The van der Waals surface area contributed by atoms with Gasteiger partial charge in [-0.2, -0.15) is 4.31 Å². The summed E-state index contributed by atoms with van der Waals surface area (Å²) in [6.07, 6.45) is 1.86. The lowest BCUT2D eigenvalue weighted by Gasteiger charge is -2.16. The minimum Gasteiger partial charge on any atom is -0.383 e. The van der Waals surface area contributed by atoms with Gasteiger partial charge in [-0.1, -0.05) is 30.3 Å². The first-order valence-electron chi connectivity index (χ1n) is 9.97. The highest BCUT2D eigenvalue weighted by Crippen LogP contribution is 2.25. The van der Waals surface area contributed by atoms with Gasteiger partial charge >= 0.3 is 0 Å². The molecule has 2 aromatic carbocycles. The molecule has 0 N–H and O–H groups in total. The Bertz CT molecular complexity index is 1140. The highest BCUT2D eigenvalue weighted by atomic mass is 32.2. The predicted molar refractivity (Wildman–Crippen MR) is 119 cm³/mol. The second-order valence-electron chi connectivity index (χ2n) is 7.13. The van der Waals surface area contributed by atoms with Crippen molar-refractivity contribution in [3.8, 4) is 11.3 Å². The van der Waals surface area contributed by atoms with Crippen molar-refractivity contribution >= 4 is 27.0 Å². The van der Waals surface area contributed by atoms with Gasteiger partial charge in [0, 0.05) is 32.1 Å². The Labute approximate surface area is 181 Å². The molecule has 1 fully saturated rings. The molecule has 6 nitrogen and oxygen atoms in total. The molecule has 30 heavy (non-hydrogen) atoms. The molecular weight excluding hydrogens is 418 g/mol. The average molecular weight is 444 g/mol. The molecule has 4 rings (SSSR count). The van der Waals surface area contributed by atoms with Gasteiger partial charge in [0.15, 0.2) is 4.80 Å². The smallest absolute Gasteiger partial charge is 0.243 e. The highest BCUT2D eigenvalue weighted by Gasteiger charge is 2.27. The molecule has 0 spiro atoms. The zero-order valence-electron chi connectivity index (χ0n) is 16.9. The van der Waals surface area contributed by atoms with Gasteiger partial charge < -0.3 is 9.30 Å². The zero-order valence-corrected chi connectivity index (χ0v) is 18.5. The van der Waals surface area contributed by atoms with Gasteiger partial charge in [-0.3, -0.25) is 0 Å². The Morgan fingerprint density at radius 1 is 1.03 bits per heavy atom. The summed E-state index contributed by atoms with van der Waals surface area (Å²) in [6, 6.07) is 17.0. The summed E-state index contributed by atoms with van der Waals surface area (Å²) in [5, 5.41) is 2.06. The molecule has 2 heterocycles. The molecule has 1 saturated heterocycles. The van der Waals surface area contributed by atoms with Crippen LogP contribution in [0.4, 0.5) is 5.69 Å².